The van der Waals surface area contributed by atoms with E-state index in [1.165, 1.54) is 18.2 Å². The Labute approximate surface area is 260 Å². The van der Waals surface area contributed by atoms with Gasteiger partial charge in [-0.1, -0.05) is 108 Å². The Morgan fingerprint density at radius 3 is 2.10 bits per heavy atom. The number of hydrogen-bond donors (Lipinski definition) is 1. The molecular formula is C31H32Cl4N2O2S. The number of thioether (sulfide) groups is 1. The zero-order chi connectivity index (χ0) is 28.5. The third kappa shape index (κ3) is 9.06. The Morgan fingerprint density at radius 2 is 1.48 bits per heavy atom. The highest BCUT2D eigenvalue weighted by atomic mass is 35.5. The first-order valence-electron chi connectivity index (χ1n) is 13.4. The molecule has 3 aromatic rings. The van der Waals surface area contributed by atoms with Crippen LogP contribution in [-0.2, 0) is 28.3 Å². The van der Waals surface area contributed by atoms with Crippen molar-refractivity contribution in [1.82, 2.24) is 10.2 Å². The Bertz CT molecular complexity index is 1300. The second kappa shape index (κ2) is 15.4. The van der Waals surface area contributed by atoms with E-state index in [4.69, 9.17) is 46.4 Å². The zero-order valence-electron chi connectivity index (χ0n) is 22.1. The summed E-state index contributed by atoms with van der Waals surface area (Å²) in [6, 6.07) is 19.8. The van der Waals surface area contributed by atoms with Crippen LogP contribution in [0.5, 0.6) is 0 Å². The molecule has 0 spiro atoms. The van der Waals surface area contributed by atoms with Crippen LogP contribution < -0.4 is 5.32 Å². The lowest BCUT2D eigenvalue weighted by molar-refractivity contribution is -0.139. The molecule has 3 aromatic carbocycles. The molecule has 0 unspecified atom stereocenters. The second-order valence-corrected chi connectivity index (χ2v) is 12.7. The van der Waals surface area contributed by atoms with Crippen molar-refractivity contribution in [2.24, 2.45) is 0 Å². The Hall–Kier alpha value is -1.89. The van der Waals surface area contributed by atoms with Crippen molar-refractivity contribution in [3.8, 4) is 0 Å². The second-order valence-electron chi connectivity index (χ2n) is 10.0. The van der Waals surface area contributed by atoms with E-state index in [2.05, 4.69) is 5.32 Å². The van der Waals surface area contributed by atoms with E-state index < -0.39 is 6.04 Å². The number of hydrogen-bond acceptors (Lipinski definition) is 3. The molecule has 0 saturated heterocycles. The minimum absolute atomic E-state index is 0.122. The van der Waals surface area contributed by atoms with Gasteiger partial charge >= 0.3 is 0 Å². The summed E-state index contributed by atoms with van der Waals surface area (Å²) in [6.45, 7) is 0.187. The molecule has 2 amide bonds. The van der Waals surface area contributed by atoms with Crippen LogP contribution in [0.25, 0.3) is 0 Å². The molecule has 0 radical (unpaired) electrons. The minimum Gasteiger partial charge on any atom is -0.352 e. The van der Waals surface area contributed by atoms with Gasteiger partial charge in [-0.25, -0.2) is 0 Å². The van der Waals surface area contributed by atoms with Gasteiger partial charge in [-0.15, -0.1) is 11.8 Å². The van der Waals surface area contributed by atoms with Crippen LogP contribution in [0.3, 0.4) is 0 Å². The summed E-state index contributed by atoms with van der Waals surface area (Å²) >= 11 is 26.5. The fraction of sp³-hybridized carbons (Fsp3) is 0.355. The molecule has 0 heterocycles. The van der Waals surface area contributed by atoms with Gasteiger partial charge in [0.15, 0.2) is 0 Å². The van der Waals surface area contributed by atoms with Crippen molar-refractivity contribution in [2.45, 2.75) is 62.9 Å². The monoisotopic (exact) mass is 636 g/mol. The van der Waals surface area contributed by atoms with Crippen LogP contribution in [0.15, 0.2) is 66.7 Å². The molecule has 4 rings (SSSR count). The first kappa shape index (κ1) is 31.1. The average Bonchev–Trinajstić information content (AvgIpc) is 2.94. The summed E-state index contributed by atoms with van der Waals surface area (Å²) in [5, 5.41) is 5.35. The quantitative estimate of drug-likeness (QED) is 0.229. The number of nitrogens with one attached hydrogen (secondary N) is 1. The van der Waals surface area contributed by atoms with Crippen molar-refractivity contribution in [3.63, 3.8) is 0 Å². The molecule has 40 heavy (non-hydrogen) atoms. The largest absolute Gasteiger partial charge is 0.352 e. The molecule has 1 atom stereocenters. The van der Waals surface area contributed by atoms with Crippen molar-refractivity contribution >= 4 is 70.0 Å². The van der Waals surface area contributed by atoms with Crippen LogP contribution in [0.4, 0.5) is 0 Å². The first-order chi connectivity index (χ1) is 19.3. The van der Waals surface area contributed by atoms with Crippen molar-refractivity contribution in [1.29, 1.82) is 0 Å². The number of carbonyl (C=O) groups excluding carboxylic acids is 2. The van der Waals surface area contributed by atoms with E-state index in [0.717, 1.165) is 42.4 Å². The topological polar surface area (TPSA) is 49.4 Å². The van der Waals surface area contributed by atoms with Gasteiger partial charge in [0, 0.05) is 44.9 Å². The number of nitrogens with zero attached hydrogens (tertiary/aromatic N) is 1. The Balaban J connectivity index is 1.59. The lowest BCUT2D eigenvalue weighted by Crippen LogP contribution is -2.53. The summed E-state index contributed by atoms with van der Waals surface area (Å²) in [6.07, 6.45) is 5.69. The van der Waals surface area contributed by atoms with Gasteiger partial charge in [0.05, 0.1) is 5.75 Å². The molecule has 9 heteroatoms. The summed E-state index contributed by atoms with van der Waals surface area (Å²) in [4.78, 5) is 29.4. The van der Waals surface area contributed by atoms with Crippen LogP contribution >= 0.6 is 58.2 Å². The smallest absolute Gasteiger partial charge is 0.243 e. The van der Waals surface area contributed by atoms with Gasteiger partial charge in [0.2, 0.25) is 11.8 Å². The Morgan fingerprint density at radius 1 is 0.850 bits per heavy atom. The summed E-state index contributed by atoms with van der Waals surface area (Å²) < 4.78 is 0. The number of amides is 2. The molecule has 1 aliphatic rings. The lowest BCUT2D eigenvalue weighted by Gasteiger charge is -2.33. The van der Waals surface area contributed by atoms with Gasteiger partial charge in [0.25, 0.3) is 0 Å². The number of benzene rings is 3. The van der Waals surface area contributed by atoms with Crippen molar-refractivity contribution in [2.75, 3.05) is 5.75 Å². The van der Waals surface area contributed by atoms with Gasteiger partial charge in [-0.05, 0) is 53.8 Å². The fourth-order valence-corrected chi connectivity index (χ4v) is 6.84. The minimum atomic E-state index is -0.705. The van der Waals surface area contributed by atoms with Crippen LogP contribution in [0.2, 0.25) is 20.1 Å². The fourth-order valence-electron chi connectivity index (χ4n) is 4.90. The molecule has 212 valence electrons. The van der Waals surface area contributed by atoms with Crippen LogP contribution in [-0.4, -0.2) is 34.6 Å². The van der Waals surface area contributed by atoms with Crippen molar-refractivity contribution in [3.05, 3.63) is 104 Å². The standard InChI is InChI=1S/C31H32Cl4N2O2S/c32-24-13-11-22(27(34)16-24)18-37(30(38)20-40-19-23-12-14-25(33)17-28(23)35)29(15-21-7-3-1-4-8-21)31(39)36-26-9-5-2-6-10-26/h1,3-4,7-8,11-14,16-17,26,29H,2,5-6,9-10,15,18-20H2,(H,36,39)/t29-/m1/s1. The third-order valence-corrected chi connectivity index (χ3v) is 9.22. The highest BCUT2D eigenvalue weighted by Gasteiger charge is 2.32. The van der Waals surface area contributed by atoms with Crippen LogP contribution in [0.1, 0.15) is 48.8 Å². The summed E-state index contributed by atoms with van der Waals surface area (Å²) in [5.41, 5.74) is 2.60. The maximum atomic E-state index is 13.9. The van der Waals surface area contributed by atoms with Gasteiger partial charge in [-0.3, -0.25) is 9.59 Å². The predicted octanol–water partition coefficient (Wildman–Crippen LogP) is 8.62. The molecule has 1 aliphatic carbocycles. The molecule has 0 aromatic heterocycles. The molecule has 4 nitrogen and oxygen atoms in total. The van der Waals surface area contributed by atoms with Gasteiger partial charge < -0.3 is 10.2 Å². The van der Waals surface area contributed by atoms with E-state index in [0.29, 0.717) is 32.3 Å². The highest BCUT2D eigenvalue weighted by molar-refractivity contribution is 7.99. The number of halogens is 4. The number of carbonyl (C=O) groups is 2. The first-order valence-corrected chi connectivity index (χ1v) is 16.1. The van der Waals surface area contributed by atoms with E-state index in [-0.39, 0.29) is 30.2 Å². The van der Waals surface area contributed by atoms with Gasteiger partial charge in [-0.2, -0.15) is 0 Å². The third-order valence-electron chi connectivity index (χ3n) is 7.08. The predicted molar refractivity (Wildman–Crippen MR) is 169 cm³/mol. The summed E-state index contributed by atoms with van der Waals surface area (Å²) in [5.74, 6) is 0.418. The molecule has 1 N–H and O–H groups in total. The zero-order valence-corrected chi connectivity index (χ0v) is 25.9. The molecule has 1 fully saturated rings. The molecule has 0 aliphatic heterocycles. The van der Waals surface area contributed by atoms with E-state index in [1.54, 1.807) is 29.2 Å². The molecular weight excluding hydrogens is 606 g/mol. The maximum absolute atomic E-state index is 13.9. The van der Waals surface area contributed by atoms with E-state index in [9.17, 15) is 9.59 Å². The van der Waals surface area contributed by atoms with Gasteiger partial charge in [0.1, 0.15) is 6.04 Å². The van der Waals surface area contributed by atoms with E-state index in [1.807, 2.05) is 42.5 Å². The SMILES string of the molecule is O=C(NC1CCCCC1)[C@@H](Cc1ccccc1)N(Cc1ccc(Cl)cc1Cl)C(=O)CSCc1ccc(Cl)cc1Cl. The van der Waals surface area contributed by atoms with Crippen LogP contribution in [0, 0.1) is 0 Å². The lowest BCUT2D eigenvalue weighted by atomic mass is 9.94. The van der Waals surface area contributed by atoms with E-state index >= 15 is 0 Å². The molecule has 1 saturated carbocycles. The number of rotatable bonds is 11. The Kier molecular flexibility index (Phi) is 11.9. The highest BCUT2D eigenvalue weighted by Crippen LogP contribution is 2.27. The average molecular weight is 638 g/mol. The van der Waals surface area contributed by atoms with Crippen molar-refractivity contribution < 1.29 is 9.59 Å². The summed E-state index contributed by atoms with van der Waals surface area (Å²) in [7, 11) is 0. The molecule has 0 bridgehead atoms. The maximum Gasteiger partial charge on any atom is 0.243 e. The normalized spacial score (nSPS) is 14.5.